The van der Waals surface area contributed by atoms with Gasteiger partial charge in [-0.15, -0.1) is 0 Å². The summed E-state index contributed by atoms with van der Waals surface area (Å²) in [5.41, 5.74) is 11.9. The van der Waals surface area contributed by atoms with Crippen molar-refractivity contribution in [2.75, 3.05) is 24.5 Å². The molecule has 0 bridgehead atoms. The SMILES string of the molecule is CS(C)(C)C#Cc1cccc(-c2ncccc2-c2ccc3ncnc(N)c3c2)c1. The third kappa shape index (κ3) is 4.23. The van der Waals surface area contributed by atoms with Gasteiger partial charge in [-0.2, -0.15) is 10.0 Å². The second kappa shape index (κ2) is 7.57. The molecule has 0 aliphatic rings. The van der Waals surface area contributed by atoms with Crippen LogP contribution in [0.2, 0.25) is 0 Å². The van der Waals surface area contributed by atoms with E-state index in [-0.39, 0.29) is 0 Å². The van der Waals surface area contributed by atoms with Crippen LogP contribution in [0.3, 0.4) is 0 Å². The Labute approximate surface area is 172 Å². The van der Waals surface area contributed by atoms with Crippen molar-refractivity contribution in [1.29, 1.82) is 0 Å². The Balaban J connectivity index is 1.83. The molecule has 144 valence electrons. The van der Waals surface area contributed by atoms with E-state index in [2.05, 4.69) is 63.1 Å². The van der Waals surface area contributed by atoms with Gasteiger partial charge in [0.2, 0.25) is 0 Å². The largest absolute Gasteiger partial charge is 0.383 e. The second-order valence-electron chi connectivity index (χ2n) is 7.54. The van der Waals surface area contributed by atoms with Crippen LogP contribution in [0.1, 0.15) is 5.56 Å². The topological polar surface area (TPSA) is 64.7 Å². The molecule has 0 fully saturated rings. The van der Waals surface area contributed by atoms with Gasteiger partial charge in [0, 0.05) is 28.3 Å². The highest BCUT2D eigenvalue weighted by atomic mass is 32.3. The maximum atomic E-state index is 6.06. The molecule has 0 aliphatic heterocycles. The van der Waals surface area contributed by atoms with E-state index in [4.69, 9.17) is 5.73 Å². The Morgan fingerprint density at radius 3 is 2.55 bits per heavy atom. The lowest BCUT2D eigenvalue weighted by molar-refractivity contribution is 1.23. The number of rotatable bonds is 2. The fourth-order valence-corrected chi connectivity index (χ4v) is 3.49. The van der Waals surface area contributed by atoms with Gasteiger partial charge in [-0.3, -0.25) is 4.98 Å². The first kappa shape index (κ1) is 19.0. The van der Waals surface area contributed by atoms with Crippen LogP contribution in [0.15, 0.2) is 67.1 Å². The average Bonchev–Trinajstić information content (AvgIpc) is 2.72. The van der Waals surface area contributed by atoms with Gasteiger partial charge < -0.3 is 5.73 Å². The molecular formula is C24H22N4S. The van der Waals surface area contributed by atoms with Crippen LogP contribution >= 0.6 is 10.0 Å². The van der Waals surface area contributed by atoms with E-state index < -0.39 is 10.0 Å². The maximum Gasteiger partial charge on any atom is 0.134 e. The Morgan fingerprint density at radius 2 is 1.72 bits per heavy atom. The van der Waals surface area contributed by atoms with Crippen LogP contribution in [-0.2, 0) is 0 Å². The normalized spacial score (nSPS) is 11.7. The molecular weight excluding hydrogens is 376 g/mol. The zero-order valence-electron chi connectivity index (χ0n) is 16.7. The van der Waals surface area contributed by atoms with E-state index in [0.717, 1.165) is 38.9 Å². The van der Waals surface area contributed by atoms with Crippen LogP contribution in [0.5, 0.6) is 0 Å². The van der Waals surface area contributed by atoms with E-state index in [0.29, 0.717) is 5.82 Å². The number of nitrogens with two attached hydrogens (primary N) is 1. The zero-order valence-corrected chi connectivity index (χ0v) is 17.5. The molecule has 0 amide bonds. The number of benzene rings is 2. The molecule has 5 heteroatoms. The molecule has 2 heterocycles. The van der Waals surface area contributed by atoms with Crippen molar-refractivity contribution in [1.82, 2.24) is 15.0 Å². The predicted molar refractivity (Wildman–Crippen MR) is 125 cm³/mol. The predicted octanol–water partition coefficient (Wildman–Crippen LogP) is 4.94. The van der Waals surface area contributed by atoms with Crippen LogP contribution in [0.4, 0.5) is 5.82 Å². The van der Waals surface area contributed by atoms with Gasteiger partial charge in [-0.25, -0.2) is 9.97 Å². The van der Waals surface area contributed by atoms with Crippen LogP contribution in [0.25, 0.3) is 33.3 Å². The Kier molecular flexibility index (Phi) is 4.96. The summed E-state index contributed by atoms with van der Waals surface area (Å²) in [5, 5.41) is 4.21. The van der Waals surface area contributed by atoms with Gasteiger partial charge in [-0.05, 0) is 59.9 Å². The summed E-state index contributed by atoms with van der Waals surface area (Å²) in [6, 6.07) is 18.3. The lowest BCUT2D eigenvalue weighted by Crippen LogP contribution is -1.94. The summed E-state index contributed by atoms with van der Waals surface area (Å²) < 4.78 is 0. The third-order valence-electron chi connectivity index (χ3n) is 4.42. The monoisotopic (exact) mass is 398 g/mol. The Morgan fingerprint density at radius 1 is 0.862 bits per heavy atom. The Bertz CT molecular complexity index is 1260. The van der Waals surface area contributed by atoms with Gasteiger partial charge in [0.15, 0.2) is 0 Å². The number of anilines is 1. The molecule has 2 aromatic carbocycles. The van der Waals surface area contributed by atoms with Crippen molar-refractivity contribution in [2.24, 2.45) is 0 Å². The molecule has 29 heavy (non-hydrogen) atoms. The van der Waals surface area contributed by atoms with Crippen LogP contribution in [-0.4, -0.2) is 33.7 Å². The maximum absolute atomic E-state index is 6.06. The minimum absolute atomic E-state index is 0.476. The molecule has 4 rings (SSSR count). The lowest BCUT2D eigenvalue weighted by Gasteiger charge is -2.15. The summed E-state index contributed by atoms with van der Waals surface area (Å²) in [6.07, 6.45) is 9.87. The first-order chi connectivity index (χ1) is 13.9. The van der Waals surface area contributed by atoms with Crippen molar-refractivity contribution in [3.8, 4) is 33.6 Å². The van der Waals surface area contributed by atoms with Gasteiger partial charge in [0.05, 0.1) is 11.2 Å². The molecule has 0 unspecified atom stereocenters. The second-order valence-corrected chi connectivity index (χ2v) is 11.4. The highest BCUT2D eigenvalue weighted by Crippen LogP contribution is 2.34. The molecule has 4 nitrogen and oxygen atoms in total. The highest BCUT2D eigenvalue weighted by Gasteiger charge is 2.11. The summed E-state index contributed by atoms with van der Waals surface area (Å²) in [7, 11) is -0.876. The first-order valence-corrected chi connectivity index (χ1v) is 12.0. The van der Waals surface area contributed by atoms with Crippen molar-refractivity contribution in [2.45, 2.75) is 0 Å². The summed E-state index contributed by atoms with van der Waals surface area (Å²) in [6.45, 7) is 0. The molecule has 0 spiro atoms. The fourth-order valence-electron chi connectivity index (χ4n) is 3.07. The molecule has 2 aromatic heterocycles. The fraction of sp³-hybridized carbons (Fsp3) is 0.125. The number of aromatic nitrogens is 3. The molecule has 0 saturated heterocycles. The van der Waals surface area contributed by atoms with E-state index in [1.807, 2.05) is 42.6 Å². The third-order valence-corrected chi connectivity index (χ3v) is 5.14. The lowest BCUT2D eigenvalue weighted by atomic mass is 9.97. The quantitative estimate of drug-likeness (QED) is 0.486. The van der Waals surface area contributed by atoms with Gasteiger partial charge in [0.1, 0.15) is 12.1 Å². The highest BCUT2D eigenvalue weighted by molar-refractivity contribution is 8.35. The van der Waals surface area contributed by atoms with Crippen molar-refractivity contribution in [3.05, 3.63) is 72.7 Å². The van der Waals surface area contributed by atoms with Crippen molar-refractivity contribution < 1.29 is 0 Å². The molecule has 4 aromatic rings. The number of pyridine rings is 1. The zero-order chi connectivity index (χ0) is 20.4. The summed E-state index contributed by atoms with van der Waals surface area (Å²) in [4.78, 5) is 13.1. The number of hydrogen-bond donors (Lipinski definition) is 1. The molecule has 0 radical (unpaired) electrons. The first-order valence-electron chi connectivity index (χ1n) is 9.18. The number of nitrogen functional groups attached to an aromatic ring is 1. The smallest absolute Gasteiger partial charge is 0.134 e. The summed E-state index contributed by atoms with van der Waals surface area (Å²) in [5.74, 6) is 3.79. The van der Waals surface area contributed by atoms with E-state index in [1.54, 1.807) is 0 Å². The molecule has 0 aliphatic carbocycles. The Hall–Kier alpha value is -3.36. The van der Waals surface area contributed by atoms with Crippen LogP contribution in [0, 0.1) is 11.2 Å². The van der Waals surface area contributed by atoms with Gasteiger partial charge >= 0.3 is 0 Å². The van der Waals surface area contributed by atoms with Crippen molar-refractivity contribution in [3.63, 3.8) is 0 Å². The van der Waals surface area contributed by atoms with E-state index in [1.165, 1.54) is 6.33 Å². The molecule has 0 atom stereocenters. The number of fused-ring (bicyclic) bond motifs is 1. The number of hydrogen-bond acceptors (Lipinski definition) is 4. The van der Waals surface area contributed by atoms with Crippen molar-refractivity contribution >= 4 is 26.7 Å². The number of nitrogens with zero attached hydrogens (tertiary/aromatic N) is 3. The minimum Gasteiger partial charge on any atom is -0.383 e. The average molecular weight is 399 g/mol. The molecule has 2 N–H and O–H groups in total. The molecule has 0 saturated carbocycles. The van der Waals surface area contributed by atoms with Crippen LogP contribution < -0.4 is 5.73 Å². The van der Waals surface area contributed by atoms with E-state index in [9.17, 15) is 0 Å². The minimum atomic E-state index is -0.876. The summed E-state index contributed by atoms with van der Waals surface area (Å²) >= 11 is 0. The standard InChI is InChI=1S/C24H22N4S/c1-29(2,3)13-11-17-6-4-7-19(14-17)23-20(8-5-12-26-23)18-9-10-22-21(15-18)24(25)28-16-27-22/h4-10,12,14-16H,1-3H3,(H2,25,27,28). The van der Waals surface area contributed by atoms with E-state index >= 15 is 0 Å². The van der Waals surface area contributed by atoms with Gasteiger partial charge in [0.25, 0.3) is 0 Å². The van der Waals surface area contributed by atoms with Gasteiger partial charge in [-0.1, -0.05) is 30.2 Å².